The van der Waals surface area contributed by atoms with Crippen molar-refractivity contribution in [3.05, 3.63) is 23.6 Å². The minimum atomic E-state index is -0.608. The first kappa shape index (κ1) is 14.7. The fraction of sp³-hybridized carbons (Fsp3) is 0.429. The molecule has 1 aliphatic carbocycles. The van der Waals surface area contributed by atoms with Crippen LogP contribution in [0.3, 0.4) is 0 Å². The SMILES string of the molecule is NC(=O)c1ncc(NC2CCCCC2)nc1Nc1cncs1. The summed E-state index contributed by atoms with van der Waals surface area (Å²) in [5.41, 5.74) is 7.19. The summed E-state index contributed by atoms with van der Waals surface area (Å²) in [7, 11) is 0. The Hall–Kier alpha value is -2.22. The fourth-order valence-corrected chi connectivity index (χ4v) is 3.09. The van der Waals surface area contributed by atoms with Crippen molar-refractivity contribution in [1.82, 2.24) is 15.0 Å². The molecule has 8 heteroatoms. The number of anilines is 3. The van der Waals surface area contributed by atoms with E-state index in [0.29, 0.717) is 17.7 Å². The Morgan fingerprint density at radius 2 is 2.09 bits per heavy atom. The number of hydrogen-bond acceptors (Lipinski definition) is 7. The minimum Gasteiger partial charge on any atom is -0.366 e. The van der Waals surface area contributed by atoms with Crippen LogP contribution in [0.25, 0.3) is 0 Å². The normalized spacial score (nSPS) is 15.5. The number of amides is 1. The zero-order valence-electron chi connectivity index (χ0n) is 12.1. The zero-order valence-corrected chi connectivity index (χ0v) is 12.9. The molecule has 0 aliphatic heterocycles. The lowest BCUT2D eigenvalue weighted by Gasteiger charge is -2.23. The molecule has 0 spiro atoms. The van der Waals surface area contributed by atoms with Crippen LogP contribution < -0.4 is 16.4 Å². The van der Waals surface area contributed by atoms with Crippen LogP contribution in [-0.4, -0.2) is 26.9 Å². The van der Waals surface area contributed by atoms with Crippen molar-refractivity contribution in [2.45, 2.75) is 38.1 Å². The van der Waals surface area contributed by atoms with E-state index in [-0.39, 0.29) is 5.69 Å². The highest BCUT2D eigenvalue weighted by Crippen LogP contribution is 2.24. The van der Waals surface area contributed by atoms with Crippen LogP contribution >= 0.6 is 11.3 Å². The van der Waals surface area contributed by atoms with Gasteiger partial charge in [0.2, 0.25) is 0 Å². The summed E-state index contributed by atoms with van der Waals surface area (Å²) in [6, 6.07) is 0.415. The van der Waals surface area contributed by atoms with Crippen molar-refractivity contribution in [1.29, 1.82) is 0 Å². The molecule has 2 heterocycles. The molecular formula is C14H18N6OS. The van der Waals surface area contributed by atoms with Gasteiger partial charge in [-0.2, -0.15) is 0 Å². The van der Waals surface area contributed by atoms with Crippen molar-refractivity contribution in [2.75, 3.05) is 10.6 Å². The molecule has 0 radical (unpaired) electrons. The van der Waals surface area contributed by atoms with Gasteiger partial charge < -0.3 is 16.4 Å². The molecule has 1 aliphatic rings. The fourth-order valence-electron chi connectivity index (χ4n) is 2.58. The molecule has 4 N–H and O–H groups in total. The largest absolute Gasteiger partial charge is 0.366 e. The Bertz CT molecular complexity index is 639. The molecule has 116 valence electrons. The second kappa shape index (κ2) is 6.69. The van der Waals surface area contributed by atoms with Gasteiger partial charge in [0, 0.05) is 6.04 Å². The highest BCUT2D eigenvalue weighted by atomic mass is 32.1. The predicted octanol–water partition coefficient (Wildman–Crippen LogP) is 2.52. The average Bonchev–Trinajstić information content (AvgIpc) is 3.01. The molecule has 0 bridgehead atoms. The molecule has 2 aromatic rings. The van der Waals surface area contributed by atoms with E-state index in [1.165, 1.54) is 30.6 Å². The van der Waals surface area contributed by atoms with E-state index in [0.717, 1.165) is 17.8 Å². The van der Waals surface area contributed by atoms with E-state index < -0.39 is 5.91 Å². The molecule has 1 amide bonds. The average molecular weight is 318 g/mol. The van der Waals surface area contributed by atoms with E-state index in [2.05, 4.69) is 25.6 Å². The third-order valence-corrected chi connectivity index (χ3v) is 4.33. The van der Waals surface area contributed by atoms with Gasteiger partial charge in [-0.15, -0.1) is 11.3 Å². The zero-order chi connectivity index (χ0) is 15.4. The van der Waals surface area contributed by atoms with Crippen LogP contribution in [0.2, 0.25) is 0 Å². The quantitative estimate of drug-likeness (QED) is 0.782. The Morgan fingerprint density at radius 1 is 1.27 bits per heavy atom. The lowest BCUT2D eigenvalue weighted by atomic mass is 9.96. The van der Waals surface area contributed by atoms with Gasteiger partial charge in [-0.05, 0) is 12.8 Å². The van der Waals surface area contributed by atoms with Gasteiger partial charge in [0.05, 0.1) is 17.9 Å². The maximum Gasteiger partial charge on any atom is 0.271 e. The third-order valence-electron chi connectivity index (χ3n) is 3.64. The highest BCUT2D eigenvalue weighted by molar-refractivity contribution is 7.13. The molecule has 1 fully saturated rings. The molecule has 0 aromatic carbocycles. The van der Waals surface area contributed by atoms with Gasteiger partial charge in [0.25, 0.3) is 5.91 Å². The Labute approximate surface area is 132 Å². The Morgan fingerprint density at radius 3 is 2.77 bits per heavy atom. The minimum absolute atomic E-state index is 0.127. The van der Waals surface area contributed by atoms with Crippen LogP contribution in [-0.2, 0) is 0 Å². The summed E-state index contributed by atoms with van der Waals surface area (Å²) in [6.45, 7) is 0. The smallest absolute Gasteiger partial charge is 0.271 e. The highest BCUT2D eigenvalue weighted by Gasteiger charge is 2.17. The standard InChI is InChI=1S/C14H18N6OS/c15-13(21)12-14(20-11-7-16-8-22-11)19-10(6-17-12)18-9-4-2-1-3-5-9/h6-9H,1-5H2,(H2,15,21)(H2,18,19,20). The Kier molecular flexibility index (Phi) is 4.47. The second-order valence-corrected chi connectivity index (χ2v) is 6.17. The maximum atomic E-state index is 11.5. The van der Waals surface area contributed by atoms with Crippen LogP contribution in [0, 0.1) is 0 Å². The summed E-state index contributed by atoms with van der Waals surface area (Å²) in [4.78, 5) is 24.1. The summed E-state index contributed by atoms with van der Waals surface area (Å²) in [5.74, 6) is 0.408. The number of carbonyl (C=O) groups excluding carboxylic acids is 1. The molecule has 1 saturated carbocycles. The number of nitrogens with two attached hydrogens (primary N) is 1. The molecule has 0 atom stereocenters. The van der Waals surface area contributed by atoms with Crippen LogP contribution in [0.4, 0.5) is 16.6 Å². The van der Waals surface area contributed by atoms with Crippen molar-refractivity contribution in [3.63, 3.8) is 0 Å². The van der Waals surface area contributed by atoms with Crippen molar-refractivity contribution in [2.24, 2.45) is 5.73 Å². The number of carbonyl (C=O) groups is 1. The van der Waals surface area contributed by atoms with Gasteiger partial charge in [0.15, 0.2) is 11.5 Å². The lowest BCUT2D eigenvalue weighted by Crippen LogP contribution is -2.24. The van der Waals surface area contributed by atoms with Gasteiger partial charge in [0.1, 0.15) is 10.8 Å². The topological polar surface area (TPSA) is 106 Å². The summed E-state index contributed by atoms with van der Waals surface area (Å²) < 4.78 is 0. The molecule has 3 rings (SSSR count). The van der Waals surface area contributed by atoms with Crippen LogP contribution in [0.15, 0.2) is 17.9 Å². The van der Waals surface area contributed by atoms with Crippen LogP contribution in [0.5, 0.6) is 0 Å². The van der Waals surface area contributed by atoms with Gasteiger partial charge in [-0.3, -0.25) is 9.78 Å². The number of nitrogens with zero attached hydrogens (tertiary/aromatic N) is 3. The number of aromatic nitrogens is 3. The second-order valence-electron chi connectivity index (χ2n) is 5.29. The van der Waals surface area contributed by atoms with Gasteiger partial charge in [-0.1, -0.05) is 19.3 Å². The molecule has 2 aromatic heterocycles. The number of rotatable bonds is 5. The molecule has 0 saturated heterocycles. The number of primary amides is 1. The van der Waals surface area contributed by atoms with Crippen LogP contribution in [0.1, 0.15) is 42.6 Å². The summed E-state index contributed by atoms with van der Waals surface area (Å²) in [6.07, 6.45) is 9.26. The number of thiazole rings is 1. The molecule has 22 heavy (non-hydrogen) atoms. The van der Waals surface area contributed by atoms with E-state index in [1.54, 1.807) is 17.9 Å². The van der Waals surface area contributed by atoms with E-state index in [9.17, 15) is 4.79 Å². The van der Waals surface area contributed by atoms with Crippen molar-refractivity contribution >= 4 is 33.9 Å². The van der Waals surface area contributed by atoms with Crippen molar-refractivity contribution < 1.29 is 4.79 Å². The number of hydrogen-bond donors (Lipinski definition) is 3. The monoisotopic (exact) mass is 318 g/mol. The predicted molar refractivity (Wildman–Crippen MR) is 86.4 cm³/mol. The molecular weight excluding hydrogens is 300 g/mol. The first-order valence-electron chi connectivity index (χ1n) is 7.31. The molecule has 0 unspecified atom stereocenters. The number of nitrogens with one attached hydrogen (secondary N) is 2. The first-order valence-corrected chi connectivity index (χ1v) is 8.19. The Balaban J connectivity index is 1.81. The first-order chi connectivity index (χ1) is 10.7. The van der Waals surface area contributed by atoms with Gasteiger partial charge in [-0.25, -0.2) is 9.97 Å². The third kappa shape index (κ3) is 3.51. The summed E-state index contributed by atoms with van der Waals surface area (Å²) >= 11 is 1.42. The lowest BCUT2D eigenvalue weighted by molar-refractivity contribution is 0.0996. The van der Waals surface area contributed by atoms with E-state index in [1.807, 2.05) is 0 Å². The van der Waals surface area contributed by atoms with Crippen molar-refractivity contribution in [3.8, 4) is 0 Å². The van der Waals surface area contributed by atoms with Gasteiger partial charge >= 0.3 is 0 Å². The maximum absolute atomic E-state index is 11.5. The molecule has 7 nitrogen and oxygen atoms in total. The van der Waals surface area contributed by atoms with E-state index >= 15 is 0 Å². The summed E-state index contributed by atoms with van der Waals surface area (Å²) in [5, 5.41) is 7.23. The van der Waals surface area contributed by atoms with E-state index in [4.69, 9.17) is 5.73 Å².